The Bertz CT molecular complexity index is 461. The summed E-state index contributed by atoms with van der Waals surface area (Å²) in [7, 11) is 1.41. The predicted octanol–water partition coefficient (Wildman–Crippen LogP) is 3.61. The van der Waals surface area contributed by atoms with Crippen LogP contribution in [0.1, 0.15) is 42.1 Å². The number of methoxy groups -OCH3 is 1. The molecule has 0 aromatic heterocycles. The second-order valence-corrected chi connectivity index (χ2v) is 6.07. The quantitative estimate of drug-likeness (QED) is 0.795. The molecule has 19 heavy (non-hydrogen) atoms. The summed E-state index contributed by atoms with van der Waals surface area (Å²) < 4.78 is 5.71. The summed E-state index contributed by atoms with van der Waals surface area (Å²) in [5, 5.41) is 0. The molecule has 1 aromatic carbocycles. The molecule has 4 heteroatoms. The first kappa shape index (κ1) is 14.5. The number of benzene rings is 1. The molecule has 1 aromatic rings. The first-order valence-corrected chi connectivity index (χ1v) is 7.51. The Morgan fingerprint density at radius 2 is 2.21 bits per heavy atom. The molecule has 1 aliphatic rings. The van der Waals surface area contributed by atoms with E-state index in [9.17, 15) is 4.79 Å². The SMILES string of the molecule is COC(=O)c1cc(Br)cc(CN2CCCCC2C)c1. The van der Waals surface area contributed by atoms with Gasteiger partial charge in [-0.05, 0) is 50.1 Å². The zero-order chi connectivity index (χ0) is 13.8. The Balaban J connectivity index is 2.15. The number of carbonyl (C=O) groups is 1. The van der Waals surface area contributed by atoms with E-state index in [1.165, 1.54) is 26.4 Å². The molecule has 0 spiro atoms. The molecular formula is C15H20BrNO2. The lowest BCUT2D eigenvalue weighted by Gasteiger charge is -2.33. The molecule has 1 unspecified atom stereocenters. The van der Waals surface area contributed by atoms with Gasteiger partial charge in [0.05, 0.1) is 12.7 Å². The third kappa shape index (κ3) is 3.80. The topological polar surface area (TPSA) is 29.5 Å². The Morgan fingerprint density at radius 3 is 2.89 bits per heavy atom. The summed E-state index contributed by atoms with van der Waals surface area (Å²) >= 11 is 3.46. The molecule has 0 aliphatic carbocycles. The van der Waals surface area contributed by atoms with Crippen molar-refractivity contribution >= 4 is 21.9 Å². The highest BCUT2D eigenvalue weighted by molar-refractivity contribution is 9.10. The van der Waals surface area contributed by atoms with E-state index < -0.39 is 0 Å². The number of hydrogen-bond donors (Lipinski definition) is 0. The number of piperidine rings is 1. The van der Waals surface area contributed by atoms with E-state index in [-0.39, 0.29) is 5.97 Å². The second-order valence-electron chi connectivity index (χ2n) is 5.16. The van der Waals surface area contributed by atoms with Gasteiger partial charge in [0.2, 0.25) is 0 Å². The van der Waals surface area contributed by atoms with Crippen molar-refractivity contribution in [2.45, 2.75) is 38.8 Å². The van der Waals surface area contributed by atoms with E-state index in [1.54, 1.807) is 6.07 Å². The lowest BCUT2D eigenvalue weighted by molar-refractivity contribution is 0.0600. The number of halogens is 1. The first-order valence-electron chi connectivity index (χ1n) is 6.72. The van der Waals surface area contributed by atoms with Crippen LogP contribution in [-0.4, -0.2) is 30.6 Å². The van der Waals surface area contributed by atoms with Crippen molar-refractivity contribution in [3.63, 3.8) is 0 Å². The van der Waals surface area contributed by atoms with Gasteiger partial charge in [-0.3, -0.25) is 4.90 Å². The van der Waals surface area contributed by atoms with Crippen LogP contribution in [0.5, 0.6) is 0 Å². The normalized spacial score (nSPS) is 20.3. The fourth-order valence-electron chi connectivity index (χ4n) is 2.60. The van der Waals surface area contributed by atoms with Gasteiger partial charge < -0.3 is 4.74 Å². The number of carbonyl (C=O) groups excluding carboxylic acids is 1. The Morgan fingerprint density at radius 1 is 1.42 bits per heavy atom. The van der Waals surface area contributed by atoms with Crippen molar-refractivity contribution in [2.75, 3.05) is 13.7 Å². The number of hydrogen-bond acceptors (Lipinski definition) is 3. The minimum Gasteiger partial charge on any atom is -0.465 e. The summed E-state index contributed by atoms with van der Waals surface area (Å²) in [6.07, 6.45) is 3.85. The van der Waals surface area contributed by atoms with E-state index in [0.29, 0.717) is 11.6 Å². The highest BCUT2D eigenvalue weighted by atomic mass is 79.9. The van der Waals surface area contributed by atoms with Crippen LogP contribution in [0.2, 0.25) is 0 Å². The van der Waals surface area contributed by atoms with Gasteiger partial charge in [0.15, 0.2) is 0 Å². The van der Waals surface area contributed by atoms with Crippen molar-refractivity contribution in [1.29, 1.82) is 0 Å². The second kappa shape index (κ2) is 6.53. The van der Waals surface area contributed by atoms with Gasteiger partial charge in [0.1, 0.15) is 0 Å². The van der Waals surface area contributed by atoms with Gasteiger partial charge in [0, 0.05) is 17.1 Å². The average Bonchev–Trinajstić information content (AvgIpc) is 2.40. The highest BCUT2D eigenvalue weighted by Gasteiger charge is 2.19. The van der Waals surface area contributed by atoms with Gasteiger partial charge in [0.25, 0.3) is 0 Å². The highest BCUT2D eigenvalue weighted by Crippen LogP contribution is 2.22. The smallest absolute Gasteiger partial charge is 0.337 e. The lowest BCUT2D eigenvalue weighted by Crippen LogP contribution is -2.36. The van der Waals surface area contributed by atoms with Gasteiger partial charge in [-0.15, -0.1) is 0 Å². The van der Waals surface area contributed by atoms with Crippen LogP contribution in [0.3, 0.4) is 0 Å². The predicted molar refractivity (Wildman–Crippen MR) is 79.2 cm³/mol. The molecule has 0 bridgehead atoms. The van der Waals surface area contributed by atoms with Crippen LogP contribution in [0.15, 0.2) is 22.7 Å². The molecule has 0 radical (unpaired) electrons. The fourth-order valence-corrected chi connectivity index (χ4v) is 3.15. The summed E-state index contributed by atoms with van der Waals surface area (Å²) in [4.78, 5) is 14.1. The summed E-state index contributed by atoms with van der Waals surface area (Å²) in [6.45, 7) is 4.31. The van der Waals surface area contributed by atoms with E-state index in [0.717, 1.165) is 23.1 Å². The number of ether oxygens (including phenoxy) is 1. The summed E-state index contributed by atoms with van der Waals surface area (Å²) in [6, 6.07) is 6.43. The minimum absolute atomic E-state index is 0.283. The average molecular weight is 326 g/mol. The molecular weight excluding hydrogens is 306 g/mol. The van der Waals surface area contributed by atoms with Crippen LogP contribution in [0.25, 0.3) is 0 Å². The van der Waals surface area contributed by atoms with Crippen LogP contribution in [0.4, 0.5) is 0 Å². The Hall–Kier alpha value is -0.870. The number of likely N-dealkylation sites (tertiary alicyclic amines) is 1. The standard InChI is InChI=1S/C15H20BrNO2/c1-11-5-3-4-6-17(11)10-12-7-13(15(18)19-2)9-14(16)8-12/h7-9,11H,3-6,10H2,1-2H3. The van der Waals surface area contributed by atoms with Crippen molar-refractivity contribution in [2.24, 2.45) is 0 Å². The molecule has 0 saturated carbocycles. The maximum Gasteiger partial charge on any atom is 0.337 e. The Labute approximate surface area is 123 Å². The van der Waals surface area contributed by atoms with E-state index in [1.807, 2.05) is 6.07 Å². The third-order valence-electron chi connectivity index (χ3n) is 3.70. The molecule has 1 saturated heterocycles. The zero-order valence-corrected chi connectivity index (χ0v) is 13.1. The van der Waals surface area contributed by atoms with Crippen molar-refractivity contribution in [3.05, 3.63) is 33.8 Å². The van der Waals surface area contributed by atoms with Gasteiger partial charge >= 0.3 is 5.97 Å². The third-order valence-corrected chi connectivity index (χ3v) is 4.16. The lowest BCUT2D eigenvalue weighted by atomic mass is 10.0. The molecule has 1 atom stereocenters. The molecule has 0 N–H and O–H groups in total. The van der Waals surface area contributed by atoms with Gasteiger partial charge in [-0.25, -0.2) is 4.79 Å². The fraction of sp³-hybridized carbons (Fsp3) is 0.533. The molecule has 1 fully saturated rings. The largest absolute Gasteiger partial charge is 0.465 e. The number of rotatable bonds is 3. The van der Waals surface area contributed by atoms with E-state index >= 15 is 0 Å². The number of nitrogens with zero attached hydrogens (tertiary/aromatic N) is 1. The van der Waals surface area contributed by atoms with Crippen molar-refractivity contribution < 1.29 is 9.53 Å². The summed E-state index contributed by atoms with van der Waals surface area (Å²) in [5.41, 5.74) is 1.76. The van der Waals surface area contributed by atoms with Crippen molar-refractivity contribution in [1.82, 2.24) is 4.90 Å². The van der Waals surface area contributed by atoms with Crippen LogP contribution in [0, 0.1) is 0 Å². The molecule has 0 amide bonds. The maximum atomic E-state index is 11.6. The first-order chi connectivity index (χ1) is 9.10. The van der Waals surface area contributed by atoms with Crippen LogP contribution < -0.4 is 0 Å². The monoisotopic (exact) mass is 325 g/mol. The molecule has 1 heterocycles. The minimum atomic E-state index is -0.283. The molecule has 1 aliphatic heterocycles. The number of esters is 1. The van der Waals surface area contributed by atoms with E-state index in [2.05, 4.69) is 33.8 Å². The van der Waals surface area contributed by atoms with Gasteiger partial charge in [-0.2, -0.15) is 0 Å². The molecule has 2 rings (SSSR count). The summed E-state index contributed by atoms with van der Waals surface area (Å²) in [5.74, 6) is -0.283. The Kier molecular flexibility index (Phi) is 4.99. The molecule has 3 nitrogen and oxygen atoms in total. The van der Waals surface area contributed by atoms with Gasteiger partial charge in [-0.1, -0.05) is 22.4 Å². The maximum absolute atomic E-state index is 11.6. The molecule has 104 valence electrons. The van der Waals surface area contributed by atoms with E-state index in [4.69, 9.17) is 4.74 Å². The zero-order valence-electron chi connectivity index (χ0n) is 11.5. The van der Waals surface area contributed by atoms with Crippen molar-refractivity contribution in [3.8, 4) is 0 Å². The van der Waals surface area contributed by atoms with Crippen LogP contribution in [-0.2, 0) is 11.3 Å². The van der Waals surface area contributed by atoms with Crippen LogP contribution >= 0.6 is 15.9 Å².